The van der Waals surface area contributed by atoms with Crippen LogP contribution in [0.15, 0.2) is 76.2 Å². The molecule has 0 radical (unpaired) electrons. The number of nitrogens with zero attached hydrogens (tertiary/aromatic N) is 8. The molecule has 0 saturated heterocycles. The van der Waals surface area contributed by atoms with Gasteiger partial charge in [-0.05, 0) is 71.2 Å². The number of nitriles is 2. The van der Waals surface area contributed by atoms with Crippen molar-refractivity contribution in [3.8, 4) is 35.0 Å². The minimum absolute atomic E-state index is 0.00931. The largest absolute Gasteiger partial charge is 0.493 e. The van der Waals surface area contributed by atoms with E-state index >= 15 is 0 Å². The van der Waals surface area contributed by atoms with Gasteiger partial charge in [0.2, 0.25) is 21.8 Å². The molecule has 0 spiro atoms. The highest BCUT2D eigenvalue weighted by atomic mass is 32.2. The molecule has 4 N–H and O–H groups in total. The summed E-state index contributed by atoms with van der Waals surface area (Å²) in [4.78, 5) is 25.6. The first-order valence-electron chi connectivity index (χ1n) is 17.9. The molecule has 0 fully saturated rings. The lowest BCUT2D eigenvalue weighted by atomic mass is 10.0. The van der Waals surface area contributed by atoms with Crippen LogP contribution < -0.4 is 15.8 Å². The minimum Gasteiger partial charge on any atom is -0.493 e. The number of azo groups is 2. The van der Waals surface area contributed by atoms with Crippen molar-refractivity contribution in [1.82, 2.24) is 13.9 Å². The van der Waals surface area contributed by atoms with E-state index in [-0.39, 0.29) is 79.0 Å². The summed E-state index contributed by atoms with van der Waals surface area (Å²) in [7, 11) is -4.36. The van der Waals surface area contributed by atoms with Gasteiger partial charge >= 0.3 is 0 Å². The normalized spacial score (nSPS) is 13.0. The Bertz CT molecular complexity index is 2620. The minimum atomic E-state index is -4.36. The molecule has 0 saturated carbocycles. The lowest BCUT2D eigenvalue weighted by Crippen LogP contribution is -2.33. The number of aromatic hydroxyl groups is 2. The van der Waals surface area contributed by atoms with Crippen molar-refractivity contribution in [2.75, 3.05) is 0 Å². The van der Waals surface area contributed by atoms with E-state index in [1.165, 1.54) is 50.2 Å². The molecule has 2 heterocycles. The molecule has 2 atom stereocenters. The van der Waals surface area contributed by atoms with E-state index in [2.05, 4.69) is 39.0 Å². The van der Waals surface area contributed by atoms with Gasteiger partial charge in [-0.25, -0.2) is 17.3 Å². The highest BCUT2D eigenvalue weighted by Crippen LogP contribution is 2.37. The van der Waals surface area contributed by atoms with Gasteiger partial charge in [0.05, 0.1) is 21.2 Å². The Morgan fingerprint density at radius 1 is 0.789 bits per heavy atom. The maximum Gasteiger partial charge on any atom is 0.281 e. The Labute approximate surface area is 332 Å². The molecule has 0 aliphatic rings. The van der Waals surface area contributed by atoms with Crippen LogP contribution >= 0.6 is 0 Å². The van der Waals surface area contributed by atoms with Crippen molar-refractivity contribution in [2.45, 2.75) is 96.7 Å². The van der Waals surface area contributed by atoms with Crippen LogP contribution in [-0.4, -0.2) is 42.6 Å². The third kappa shape index (κ3) is 9.41. The average molecular weight is 818 g/mol. The van der Waals surface area contributed by atoms with Crippen LogP contribution in [0.4, 0.5) is 22.7 Å². The van der Waals surface area contributed by atoms with Crippen molar-refractivity contribution in [2.24, 2.45) is 26.4 Å². The summed E-state index contributed by atoms with van der Waals surface area (Å²) in [6, 6.07) is 11.1. The van der Waals surface area contributed by atoms with Gasteiger partial charge in [0, 0.05) is 41.4 Å². The van der Waals surface area contributed by atoms with E-state index in [4.69, 9.17) is 0 Å². The van der Waals surface area contributed by atoms with Gasteiger partial charge in [-0.3, -0.25) is 18.7 Å². The molecule has 300 valence electrons. The van der Waals surface area contributed by atoms with Crippen molar-refractivity contribution in [3.63, 3.8) is 0 Å². The topological polar surface area (TPSA) is 265 Å². The predicted molar refractivity (Wildman–Crippen MR) is 213 cm³/mol. The van der Waals surface area contributed by atoms with E-state index in [9.17, 15) is 47.5 Å². The van der Waals surface area contributed by atoms with Crippen molar-refractivity contribution >= 4 is 43.9 Å². The molecule has 2 unspecified atom stereocenters. The number of hydrogen-bond donors (Lipinski definition) is 4. The zero-order valence-corrected chi connectivity index (χ0v) is 34.1. The molecular formula is C38H43N9O8S2. The summed E-state index contributed by atoms with van der Waals surface area (Å²) < 4.78 is 56.1. The maximum absolute atomic E-state index is 14.1. The smallest absolute Gasteiger partial charge is 0.281 e. The van der Waals surface area contributed by atoms with Crippen molar-refractivity contribution in [1.29, 1.82) is 10.5 Å². The van der Waals surface area contributed by atoms with Gasteiger partial charge < -0.3 is 14.8 Å². The third-order valence-electron chi connectivity index (χ3n) is 9.17. The Morgan fingerprint density at radius 3 is 1.70 bits per heavy atom. The molecule has 0 aliphatic heterocycles. The van der Waals surface area contributed by atoms with Gasteiger partial charge in [0.1, 0.15) is 23.3 Å². The van der Waals surface area contributed by atoms with E-state index in [0.29, 0.717) is 12.3 Å². The molecule has 2 aromatic heterocycles. The van der Waals surface area contributed by atoms with E-state index in [1.54, 1.807) is 20.8 Å². The van der Waals surface area contributed by atoms with Gasteiger partial charge in [-0.15, -0.1) is 10.2 Å². The summed E-state index contributed by atoms with van der Waals surface area (Å²) in [5.41, 5.74) is -2.04. The van der Waals surface area contributed by atoms with Gasteiger partial charge in [-0.2, -0.15) is 20.8 Å². The number of pyridine rings is 2. The van der Waals surface area contributed by atoms with Gasteiger partial charge in [0.15, 0.2) is 22.5 Å². The summed E-state index contributed by atoms with van der Waals surface area (Å²) >= 11 is -2.71. The first-order valence-corrected chi connectivity index (χ1v) is 20.5. The number of nitrogens with one attached hydrogen (secondary N) is 1. The van der Waals surface area contributed by atoms with Crippen LogP contribution in [0.5, 0.6) is 11.8 Å². The number of hydrogen-bond acceptors (Lipinski definition) is 13. The summed E-state index contributed by atoms with van der Waals surface area (Å²) in [6.45, 7) is 12.0. The number of aromatic nitrogens is 2. The van der Waals surface area contributed by atoms with E-state index < -0.39 is 50.0 Å². The second-order valence-corrected chi connectivity index (χ2v) is 16.1. The lowest BCUT2D eigenvalue weighted by molar-refractivity contribution is 0.408. The average Bonchev–Trinajstić information content (AvgIpc) is 3.15. The fourth-order valence-corrected chi connectivity index (χ4v) is 8.20. The Morgan fingerprint density at radius 2 is 1.26 bits per heavy atom. The van der Waals surface area contributed by atoms with Crippen LogP contribution in [0.2, 0.25) is 0 Å². The number of benzene rings is 2. The second-order valence-electron chi connectivity index (χ2n) is 13.5. The van der Waals surface area contributed by atoms with Gasteiger partial charge in [0.25, 0.3) is 11.1 Å². The van der Waals surface area contributed by atoms with Crippen LogP contribution in [0, 0.1) is 42.4 Å². The highest BCUT2D eigenvalue weighted by molar-refractivity contribution is 7.89. The zero-order chi connectivity index (χ0) is 42.4. The summed E-state index contributed by atoms with van der Waals surface area (Å²) in [5, 5.41) is 56.3. The molecule has 0 aliphatic carbocycles. The number of rotatable bonds is 15. The van der Waals surface area contributed by atoms with Crippen LogP contribution in [0.25, 0.3) is 11.1 Å². The molecule has 57 heavy (non-hydrogen) atoms. The van der Waals surface area contributed by atoms with Gasteiger partial charge in [-0.1, -0.05) is 38.8 Å². The Kier molecular flexibility index (Phi) is 14.2. The SMILES string of the molecule is CCn1c(O)c(C#N)c(C)c(N=Nc2ccc(-c3ccc(N=Nc4c(C)c(C#N)c(O)n(CC)c4=O)cc3S(=O)(=O)NC(C)CCCC(C)C)c(S(=O)O)c2)c1=O. The molecular weight excluding hydrogens is 775 g/mol. The molecule has 4 aromatic rings. The first-order chi connectivity index (χ1) is 26.9. The molecule has 17 nitrogen and oxygen atoms in total. The predicted octanol–water partition coefficient (Wildman–Crippen LogP) is 7.39. The second kappa shape index (κ2) is 18.4. The maximum atomic E-state index is 14.1. The lowest BCUT2D eigenvalue weighted by Gasteiger charge is -2.18. The molecule has 2 aromatic carbocycles. The Hall–Kier alpha value is -5.86. The molecule has 19 heteroatoms. The fourth-order valence-electron chi connectivity index (χ4n) is 6.09. The Balaban J connectivity index is 1.89. The first kappa shape index (κ1) is 43.9. The number of sulfonamides is 1. The standard InChI is InChI=1S/C38H43N9O8S2/c1-8-46-35(48)29(19-39)23(6)33(37(46)50)43-41-25-13-15-27(31(17-25)56(52)53)28-16-14-26(18-32(28)57(54,55)45-22(5)12-10-11-21(3)4)42-44-34-24(7)30(20-40)36(49)47(9-2)38(34)51/h13-18,21-22,45,48-49H,8-12H2,1-7H3,(H,52,53). The van der Waals surface area contributed by atoms with E-state index in [1.807, 2.05) is 12.1 Å². The van der Waals surface area contributed by atoms with Crippen LogP contribution in [0.3, 0.4) is 0 Å². The van der Waals surface area contributed by atoms with Crippen LogP contribution in [0.1, 0.15) is 76.1 Å². The van der Waals surface area contributed by atoms with E-state index in [0.717, 1.165) is 22.0 Å². The molecule has 0 bridgehead atoms. The fraction of sp³-hybridized carbons (Fsp3) is 0.368. The van der Waals surface area contributed by atoms with Crippen molar-refractivity contribution in [3.05, 3.63) is 79.4 Å². The molecule has 0 amide bonds. The highest BCUT2D eigenvalue weighted by Gasteiger charge is 2.26. The molecule has 4 rings (SSSR count). The zero-order valence-electron chi connectivity index (χ0n) is 32.4. The monoisotopic (exact) mass is 817 g/mol. The summed E-state index contributed by atoms with van der Waals surface area (Å²) in [5.74, 6) is -0.605. The third-order valence-corrected chi connectivity index (χ3v) is 11.5. The van der Waals surface area contributed by atoms with Crippen LogP contribution in [-0.2, 0) is 34.2 Å². The quantitative estimate of drug-likeness (QED) is 0.0682. The summed E-state index contributed by atoms with van der Waals surface area (Å²) in [6.07, 6.45) is 2.17. The van der Waals surface area contributed by atoms with Crippen molar-refractivity contribution < 1.29 is 27.4 Å².